The molecule has 2 aromatic carbocycles. The fraction of sp³-hybridized carbons (Fsp3) is 0.571. The molecule has 1 atom stereocenters. The molecule has 4 nitrogen and oxygen atoms in total. The molecule has 1 unspecified atom stereocenters. The zero-order valence-corrected chi connectivity index (χ0v) is 32.1. The number of benzene rings is 2. The third-order valence-corrected chi connectivity index (χ3v) is 9.13. The fourth-order valence-corrected chi connectivity index (χ4v) is 6.23. The van der Waals surface area contributed by atoms with Crippen molar-refractivity contribution < 1.29 is 4.39 Å². The Labute approximate surface area is 297 Å². The maximum absolute atomic E-state index is 13.8. The molecule has 1 saturated carbocycles. The Morgan fingerprint density at radius 1 is 0.875 bits per heavy atom. The van der Waals surface area contributed by atoms with E-state index in [0.29, 0.717) is 22.7 Å². The van der Waals surface area contributed by atoms with Gasteiger partial charge in [0.15, 0.2) is 0 Å². The summed E-state index contributed by atoms with van der Waals surface area (Å²) in [4.78, 5) is 9.40. The minimum atomic E-state index is -0.399. The highest BCUT2D eigenvalue weighted by Gasteiger charge is 2.21. The first kappa shape index (κ1) is 41.3. The first-order chi connectivity index (χ1) is 23.3. The van der Waals surface area contributed by atoms with Gasteiger partial charge in [-0.1, -0.05) is 162 Å². The normalized spacial score (nSPS) is 13.4. The Kier molecular flexibility index (Phi) is 20.1. The van der Waals surface area contributed by atoms with Gasteiger partial charge in [0.2, 0.25) is 5.95 Å². The van der Waals surface area contributed by atoms with E-state index in [4.69, 9.17) is 16.6 Å². The van der Waals surface area contributed by atoms with Gasteiger partial charge in [-0.05, 0) is 54.5 Å². The second kappa shape index (κ2) is 23.4. The summed E-state index contributed by atoms with van der Waals surface area (Å²) < 4.78 is 16.1. The molecule has 2 aromatic heterocycles. The van der Waals surface area contributed by atoms with Gasteiger partial charge in [-0.15, -0.1) is 0 Å². The van der Waals surface area contributed by atoms with Gasteiger partial charge in [0.25, 0.3) is 0 Å². The van der Waals surface area contributed by atoms with Crippen molar-refractivity contribution in [1.29, 1.82) is 0 Å². The maximum Gasteiger partial charge on any atom is 0.229 e. The zero-order chi connectivity index (χ0) is 35.3. The maximum atomic E-state index is 13.8. The van der Waals surface area contributed by atoms with E-state index in [1.165, 1.54) is 93.9 Å². The Bertz CT molecular complexity index is 1400. The molecule has 0 amide bonds. The highest BCUT2D eigenvalue weighted by atomic mass is 35.5. The highest BCUT2D eigenvalue weighted by molar-refractivity contribution is 6.30. The summed E-state index contributed by atoms with van der Waals surface area (Å²) in [6.07, 6.45) is 22.3. The van der Waals surface area contributed by atoms with Crippen LogP contribution >= 0.6 is 11.6 Å². The molecule has 6 heteroatoms. The van der Waals surface area contributed by atoms with Gasteiger partial charge in [0.05, 0.1) is 0 Å². The van der Waals surface area contributed by atoms with Gasteiger partial charge in [-0.25, -0.2) is 9.37 Å². The van der Waals surface area contributed by atoms with E-state index in [0.717, 1.165) is 41.8 Å². The lowest BCUT2D eigenvalue weighted by molar-refractivity contribution is 0.360. The van der Waals surface area contributed by atoms with Crippen LogP contribution < -0.4 is 5.32 Å². The molecule has 1 aliphatic rings. The number of hydrogen-bond donors (Lipinski definition) is 1. The third kappa shape index (κ3) is 13.5. The van der Waals surface area contributed by atoms with Gasteiger partial charge in [-0.3, -0.25) is 0 Å². The fourth-order valence-electron chi connectivity index (χ4n) is 6.01. The minimum Gasteiger partial charge on any atom is -0.329 e. The average Bonchev–Trinajstić information content (AvgIpc) is 3.48. The smallest absolute Gasteiger partial charge is 0.229 e. The number of nitrogens with one attached hydrogen (secondary N) is 1. The molecular weight excluding hydrogens is 615 g/mol. The summed E-state index contributed by atoms with van der Waals surface area (Å²) in [5.74, 6) is 1.00. The SMILES string of the molecule is CC.CCCC.CCCCCC(C)CCC.CCc1ccc(-c2cn(C3CCCCC3)c3nc(Nc4cc(F)cc(Cl)c4)ncc23)cc1. The second-order valence-electron chi connectivity index (χ2n) is 12.9. The van der Waals surface area contributed by atoms with Crippen molar-refractivity contribution in [1.82, 2.24) is 14.5 Å². The lowest BCUT2D eigenvalue weighted by Gasteiger charge is -2.23. The van der Waals surface area contributed by atoms with Crippen LogP contribution in [-0.2, 0) is 6.42 Å². The summed E-state index contributed by atoms with van der Waals surface area (Å²) >= 11 is 6.01. The Hall–Kier alpha value is -2.92. The first-order valence-electron chi connectivity index (χ1n) is 19.0. The van der Waals surface area contributed by atoms with E-state index in [1.807, 2.05) is 20.0 Å². The zero-order valence-electron chi connectivity index (χ0n) is 31.3. The molecule has 1 aliphatic carbocycles. The number of hydrogen-bond acceptors (Lipinski definition) is 3. The number of rotatable bonds is 12. The molecule has 5 rings (SSSR count). The monoisotopic (exact) mass is 678 g/mol. The van der Waals surface area contributed by atoms with Crippen LogP contribution in [0.1, 0.15) is 150 Å². The number of nitrogens with zero attached hydrogens (tertiary/aromatic N) is 3. The van der Waals surface area contributed by atoms with E-state index in [9.17, 15) is 4.39 Å². The van der Waals surface area contributed by atoms with E-state index >= 15 is 0 Å². The standard InChI is InChI=1S/C26H26ClFN4.C10H22.C4H10.C2H6/c1-2-17-8-10-18(11-9-17)24-16-32(22-6-4-3-5-7-22)25-23(24)15-29-26(31-25)30-21-13-19(27)12-20(28)14-21;1-4-6-7-9-10(3)8-5-2;1-3-4-2;1-2/h8-16,22H,2-7H2,1H3,(H,29,30,31);10H,4-9H2,1-3H3;3-4H2,1-2H3;1-2H3. The summed E-state index contributed by atoms with van der Waals surface area (Å²) in [6.45, 7) is 17.4. The molecule has 266 valence electrons. The van der Waals surface area contributed by atoms with Gasteiger partial charge in [0.1, 0.15) is 11.5 Å². The lowest BCUT2D eigenvalue weighted by Crippen LogP contribution is -2.12. The topological polar surface area (TPSA) is 42.7 Å². The van der Waals surface area contributed by atoms with E-state index in [1.54, 1.807) is 6.07 Å². The van der Waals surface area contributed by atoms with Crippen molar-refractivity contribution in [2.24, 2.45) is 5.92 Å². The number of aryl methyl sites for hydroxylation is 1. The molecule has 4 aromatic rings. The molecule has 0 aliphatic heterocycles. The molecule has 0 spiro atoms. The number of halogens is 2. The molecule has 0 radical (unpaired) electrons. The van der Waals surface area contributed by atoms with Crippen LogP contribution in [0.25, 0.3) is 22.2 Å². The van der Waals surface area contributed by atoms with Gasteiger partial charge in [0, 0.05) is 40.1 Å². The van der Waals surface area contributed by atoms with E-state index in [2.05, 4.69) is 86.9 Å². The van der Waals surface area contributed by atoms with Crippen LogP contribution in [0.15, 0.2) is 54.9 Å². The predicted molar refractivity (Wildman–Crippen MR) is 209 cm³/mol. The van der Waals surface area contributed by atoms with Crippen LogP contribution in [-0.4, -0.2) is 14.5 Å². The van der Waals surface area contributed by atoms with Crippen LogP contribution in [0.2, 0.25) is 5.02 Å². The van der Waals surface area contributed by atoms with Crippen LogP contribution in [0.5, 0.6) is 0 Å². The highest BCUT2D eigenvalue weighted by Crippen LogP contribution is 2.37. The van der Waals surface area contributed by atoms with Crippen molar-refractivity contribution in [3.63, 3.8) is 0 Å². The summed E-state index contributed by atoms with van der Waals surface area (Å²) in [5, 5.41) is 4.47. The van der Waals surface area contributed by atoms with Crippen molar-refractivity contribution in [3.8, 4) is 11.1 Å². The van der Waals surface area contributed by atoms with Crippen molar-refractivity contribution >= 4 is 34.3 Å². The minimum absolute atomic E-state index is 0.331. The predicted octanol–water partition coefficient (Wildman–Crippen LogP) is 14.5. The van der Waals surface area contributed by atoms with Crippen molar-refractivity contribution in [3.05, 3.63) is 71.3 Å². The van der Waals surface area contributed by atoms with Gasteiger partial charge in [-0.2, -0.15) is 4.98 Å². The van der Waals surface area contributed by atoms with Gasteiger partial charge < -0.3 is 9.88 Å². The molecule has 48 heavy (non-hydrogen) atoms. The molecule has 0 bridgehead atoms. The lowest BCUT2D eigenvalue weighted by atomic mass is 9.95. The third-order valence-electron chi connectivity index (χ3n) is 8.91. The van der Waals surface area contributed by atoms with E-state index in [-0.39, 0.29) is 0 Å². The van der Waals surface area contributed by atoms with Crippen molar-refractivity contribution in [2.75, 3.05) is 5.32 Å². The number of aromatic nitrogens is 3. The summed E-state index contributed by atoms with van der Waals surface area (Å²) in [5.41, 5.74) is 5.07. The van der Waals surface area contributed by atoms with Crippen LogP contribution in [0, 0.1) is 11.7 Å². The number of anilines is 2. The van der Waals surface area contributed by atoms with Crippen LogP contribution in [0.4, 0.5) is 16.0 Å². The largest absolute Gasteiger partial charge is 0.329 e. The Morgan fingerprint density at radius 2 is 1.56 bits per heavy atom. The molecular formula is C42H64ClFN4. The number of unbranched alkanes of at least 4 members (excludes halogenated alkanes) is 3. The quantitative estimate of drug-likeness (QED) is 0.152. The number of fused-ring (bicyclic) bond motifs is 1. The molecule has 2 heterocycles. The summed E-state index contributed by atoms with van der Waals surface area (Å²) in [6, 6.07) is 13.5. The average molecular weight is 679 g/mol. The van der Waals surface area contributed by atoms with Crippen molar-refractivity contribution in [2.45, 2.75) is 151 Å². The first-order valence-corrected chi connectivity index (χ1v) is 19.4. The van der Waals surface area contributed by atoms with Crippen LogP contribution in [0.3, 0.4) is 0 Å². The van der Waals surface area contributed by atoms with E-state index < -0.39 is 5.82 Å². The molecule has 0 saturated heterocycles. The second-order valence-corrected chi connectivity index (χ2v) is 13.3. The molecule has 1 N–H and O–H groups in total. The van der Waals surface area contributed by atoms with Gasteiger partial charge >= 0.3 is 0 Å². The summed E-state index contributed by atoms with van der Waals surface area (Å²) in [7, 11) is 0. The Morgan fingerprint density at radius 3 is 2.15 bits per heavy atom. The Balaban J connectivity index is 0.000000421. The molecule has 1 fully saturated rings.